The first kappa shape index (κ1) is 20.2. The molecule has 5 nitrogen and oxygen atoms in total. The second kappa shape index (κ2) is 7.73. The summed E-state index contributed by atoms with van der Waals surface area (Å²) in [5, 5.41) is 0. The fourth-order valence-electron chi connectivity index (χ4n) is 4.35. The quantitative estimate of drug-likeness (QED) is 0.583. The molecule has 2 heterocycles. The van der Waals surface area contributed by atoms with Crippen molar-refractivity contribution in [2.24, 2.45) is 0 Å². The predicted molar refractivity (Wildman–Crippen MR) is 124 cm³/mol. The molecule has 2 aliphatic heterocycles. The molecule has 0 saturated carbocycles. The number of hydrogen-bond donors (Lipinski definition) is 0. The van der Waals surface area contributed by atoms with Crippen molar-refractivity contribution in [1.29, 1.82) is 0 Å². The van der Waals surface area contributed by atoms with Crippen molar-refractivity contribution < 1.29 is 13.2 Å². The number of carbonyl (C=O) groups is 1. The van der Waals surface area contributed by atoms with Gasteiger partial charge >= 0.3 is 0 Å². The molecular formula is C24H22N2O3S2. The molecule has 0 aliphatic carbocycles. The Morgan fingerprint density at radius 3 is 2.48 bits per heavy atom. The monoisotopic (exact) mass is 450 g/mol. The van der Waals surface area contributed by atoms with Crippen molar-refractivity contribution in [1.82, 2.24) is 0 Å². The summed E-state index contributed by atoms with van der Waals surface area (Å²) in [5.74, 6) is 0.615. The number of nitrogens with zero attached hydrogens (tertiary/aromatic N) is 2. The zero-order chi connectivity index (χ0) is 21.6. The van der Waals surface area contributed by atoms with Gasteiger partial charge in [0.1, 0.15) is 0 Å². The fraction of sp³-hybridized carbons (Fsp3) is 0.208. The topological polar surface area (TPSA) is 57.7 Å². The molecule has 0 saturated heterocycles. The van der Waals surface area contributed by atoms with E-state index in [2.05, 4.69) is 0 Å². The number of amides is 1. The standard InChI is InChI=1S/C24H22N2O3S2/c1-17(27)25-14-13-19-15-20(11-12-21(19)25)31(28,29)26-22-9-5-6-10-24(22)30-16-23(26)18-7-3-2-4-8-18/h2-12,15,23H,13-14,16H2,1H3/t23-/m1/s1. The van der Waals surface area contributed by atoms with Gasteiger partial charge < -0.3 is 4.90 Å². The van der Waals surface area contributed by atoms with Crippen LogP contribution < -0.4 is 9.21 Å². The van der Waals surface area contributed by atoms with Gasteiger partial charge in [-0.3, -0.25) is 9.10 Å². The van der Waals surface area contributed by atoms with Gasteiger partial charge in [0, 0.05) is 29.8 Å². The molecule has 2 aliphatic rings. The number of carbonyl (C=O) groups excluding carboxylic acids is 1. The second-order valence-corrected chi connectivity index (χ2v) is 10.6. The zero-order valence-corrected chi connectivity index (χ0v) is 18.7. The minimum atomic E-state index is -3.82. The molecule has 0 radical (unpaired) electrons. The highest BCUT2D eigenvalue weighted by molar-refractivity contribution is 8.00. The first-order valence-corrected chi connectivity index (χ1v) is 12.6. The highest BCUT2D eigenvalue weighted by Gasteiger charge is 2.38. The Labute approximate surface area is 186 Å². The molecule has 0 N–H and O–H groups in total. The smallest absolute Gasteiger partial charge is 0.264 e. The van der Waals surface area contributed by atoms with E-state index in [0.717, 1.165) is 21.7 Å². The van der Waals surface area contributed by atoms with Gasteiger partial charge in [-0.15, -0.1) is 11.8 Å². The summed E-state index contributed by atoms with van der Waals surface area (Å²) in [6.45, 7) is 2.12. The van der Waals surface area contributed by atoms with E-state index < -0.39 is 10.0 Å². The number of benzene rings is 3. The third-order valence-electron chi connectivity index (χ3n) is 5.85. The first-order valence-electron chi connectivity index (χ1n) is 10.2. The normalized spacial score (nSPS) is 17.9. The van der Waals surface area contributed by atoms with Crippen molar-refractivity contribution in [3.63, 3.8) is 0 Å². The van der Waals surface area contributed by atoms with E-state index in [1.165, 1.54) is 6.92 Å². The molecule has 3 aromatic rings. The van der Waals surface area contributed by atoms with Gasteiger partial charge in [0.15, 0.2) is 0 Å². The summed E-state index contributed by atoms with van der Waals surface area (Å²) < 4.78 is 29.5. The molecule has 3 aromatic carbocycles. The van der Waals surface area contributed by atoms with Crippen LogP contribution in [0.3, 0.4) is 0 Å². The Hall–Kier alpha value is -2.77. The van der Waals surface area contributed by atoms with Crippen LogP contribution in [0.2, 0.25) is 0 Å². The molecule has 0 aromatic heterocycles. The highest BCUT2D eigenvalue weighted by Crippen LogP contribution is 2.46. The van der Waals surface area contributed by atoms with Crippen LogP contribution in [0.15, 0.2) is 82.6 Å². The Balaban J connectivity index is 1.63. The number of sulfonamides is 1. The van der Waals surface area contributed by atoms with Gasteiger partial charge in [-0.05, 0) is 47.9 Å². The fourth-order valence-corrected chi connectivity index (χ4v) is 7.38. The summed E-state index contributed by atoms with van der Waals surface area (Å²) in [4.78, 5) is 14.8. The lowest BCUT2D eigenvalue weighted by Crippen LogP contribution is -2.38. The third kappa shape index (κ3) is 3.42. The Morgan fingerprint density at radius 2 is 1.71 bits per heavy atom. The van der Waals surface area contributed by atoms with Crippen LogP contribution in [0.25, 0.3) is 0 Å². The van der Waals surface area contributed by atoms with Crippen molar-refractivity contribution >= 4 is 39.1 Å². The largest absolute Gasteiger partial charge is 0.312 e. The van der Waals surface area contributed by atoms with E-state index in [4.69, 9.17) is 0 Å². The van der Waals surface area contributed by atoms with Gasteiger partial charge in [0.25, 0.3) is 10.0 Å². The molecule has 158 valence electrons. The van der Waals surface area contributed by atoms with Crippen LogP contribution >= 0.6 is 11.8 Å². The van der Waals surface area contributed by atoms with Crippen LogP contribution in [0, 0.1) is 0 Å². The Bertz CT molecular complexity index is 1260. The number of fused-ring (bicyclic) bond motifs is 2. The van der Waals surface area contributed by atoms with Crippen LogP contribution in [0.5, 0.6) is 0 Å². The summed E-state index contributed by atoms with van der Waals surface area (Å²) in [7, 11) is -3.82. The van der Waals surface area contributed by atoms with Crippen molar-refractivity contribution in [3.8, 4) is 0 Å². The molecule has 0 fully saturated rings. The van der Waals surface area contributed by atoms with Gasteiger partial charge in [0.2, 0.25) is 5.91 Å². The Kier molecular flexibility index (Phi) is 5.02. The van der Waals surface area contributed by atoms with E-state index in [0.29, 0.717) is 24.4 Å². The van der Waals surface area contributed by atoms with Gasteiger partial charge in [-0.25, -0.2) is 8.42 Å². The van der Waals surface area contributed by atoms with E-state index >= 15 is 0 Å². The minimum Gasteiger partial charge on any atom is -0.312 e. The zero-order valence-electron chi connectivity index (χ0n) is 17.1. The van der Waals surface area contributed by atoms with Gasteiger partial charge in [-0.2, -0.15) is 0 Å². The maximum absolute atomic E-state index is 14.0. The lowest BCUT2D eigenvalue weighted by atomic mass is 10.1. The van der Waals surface area contributed by atoms with Crippen LogP contribution in [-0.2, 0) is 21.2 Å². The number of para-hydroxylation sites is 1. The maximum atomic E-state index is 14.0. The minimum absolute atomic E-state index is 0.0273. The SMILES string of the molecule is CC(=O)N1CCc2cc(S(=O)(=O)N3c4ccccc4SC[C@@H]3c3ccccc3)ccc21. The number of thioether (sulfide) groups is 1. The lowest BCUT2D eigenvalue weighted by Gasteiger charge is -2.37. The second-order valence-electron chi connectivity index (χ2n) is 7.72. The molecule has 0 unspecified atom stereocenters. The van der Waals surface area contributed by atoms with Crippen LogP contribution in [0.4, 0.5) is 11.4 Å². The first-order chi connectivity index (χ1) is 15.0. The summed E-state index contributed by atoms with van der Waals surface area (Å²) in [6.07, 6.45) is 0.660. The summed E-state index contributed by atoms with van der Waals surface area (Å²) in [6, 6.07) is 22.3. The molecule has 0 bridgehead atoms. The van der Waals surface area contributed by atoms with E-state index in [1.54, 1.807) is 39.2 Å². The van der Waals surface area contributed by atoms with Crippen LogP contribution in [-0.4, -0.2) is 26.6 Å². The maximum Gasteiger partial charge on any atom is 0.264 e. The van der Waals surface area contributed by atoms with Gasteiger partial charge in [0.05, 0.1) is 16.6 Å². The average molecular weight is 451 g/mol. The number of anilines is 2. The van der Waals surface area contributed by atoms with Crippen LogP contribution in [0.1, 0.15) is 24.1 Å². The van der Waals surface area contributed by atoms with Gasteiger partial charge in [-0.1, -0.05) is 42.5 Å². The number of hydrogen-bond acceptors (Lipinski definition) is 4. The lowest BCUT2D eigenvalue weighted by molar-refractivity contribution is -0.116. The average Bonchev–Trinajstić information content (AvgIpc) is 3.22. The van der Waals surface area contributed by atoms with E-state index in [-0.39, 0.29) is 16.8 Å². The molecule has 31 heavy (non-hydrogen) atoms. The highest BCUT2D eigenvalue weighted by atomic mass is 32.2. The van der Waals surface area contributed by atoms with Crippen molar-refractivity contribution in [2.45, 2.75) is 29.2 Å². The summed E-state index contributed by atoms with van der Waals surface area (Å²) >= 11 is 1.68. The summed E-state index contributed by atoms with van der Waals surface area (Å²) in [5.41, 5.74) is 3.38. The predicted octanol–water partition coefficient (Wildman–Crippen LogP) is 4.64. The molecule has 1 atom stereocenters. The van der Waals surface area contributed by atoms with Crippen molar-refractivity contribution in [2.75, 3.05) is 21.5 Å². The Morgan fingerprint density at radius 1 is 0.968 bits per heavy atom. The molecule has 7 heteroatoms. The number of rotatable bonds is 3. The van der Waals surface area contributed by atoms with Crippen molar-refractivity contribution in [3.05, 3.63) is 83.9 Å². The van der Waals surface area contributed by atoms with E-state index in [1.807, 2.05) is 54.6 Å². The molecule has 5 rings (SSSR count). The molecule has 0 spiro atoms. The third-order valence-corrected chi connectivity index (χ3v) is 8.81. The van der Waals surface area contributed by atoms with E-state index in [9.17, 15) is 13.2 Å². The molecule has 1 amide bonds. The molecular weight excluding hydrogens is 428 g/mol.